The summed E-state index contributed by atoms with van der Waals surface area (Å²) in [4.78, 5) is 33.9. The third-order valence-corrected chi connectivity index (χ3v) is 5.60. The molecule has 0 aliphatic carbocycles. The average Bonchev–Trinajstić information content (AvgIpc) is 3.22. The average molecular weight is 409 g/mol. The van der Waals surface area contributed by atoms with Gasteiger partial charge >= 0.3 is 0 Å². The molecule has 30 heavy (non-hydrogen) atoms. The van der Waals surface area contributed by atoms with Crippen molar-refractivity contribution < 1.29 is 19.1 Å². The first kappa shape index (κ1) is 20.3. The van der Waals surface area contributed by atoms with Gasteiger partial charge in [-0.3, -0.25) is 14.6 Å². The van der Waals surface area contributed by atoms with Gasteiger partial charge in [-0.15, -0.1) is 0 Å². The minimum atomic E-state index is -0.493. The molecule has 1 aromatic heterocycles. The van der Waals surface area contributed by atoms with Crippen molar-refractivity contribution >= 4 is 11.8 Å². The van der Waals surface area contributed by atoms with E-state index in [4.69, 9.17) is 9.47 Å². The highest BCUT2D eigenvalue weighted by atomic mass is 16.5. The van der Waals surface area contributed by atoms with Crippen LogP contribution >= 0.6 is 0 Å². The number of likely N-dealkylation sites (tertiary alicyclic amines) is 1. The number of amides is 2. The van der Waals surface area contributed by atoms with Gasteiger partial charge in [-0.2, -0.15) is 0 Å². The maximum Gasteiger partial charge on any atom is 0.245 e. The van der Waals surface area contributed by atoms with Crippen molar-refractivity contribution in [2.45, 2.75) is 31.4 Å². The Bertz CT molecular complexity index is 840. The fourth-order valence-corrected chi connectivity index (χ4v) is 4.04. The van der Waals surface area contributed by atoms with Gasteiger partial charge < -0.3 is 19.3 Å². The third-order valence-electron chi connectivity index (χ3n) is 5.60. The number of aryl methyl sites for hydroxylation is 1. The summed E-state index contributed by atoms with van der Waals surface area (Å²) in [6.45, 7) is 2.61. The largest absolute Gasteiger partial charge is 0.487 e. The van der Waals surface area contributed by atoms with Gasteiger partial charge in [0.05, 0.1) is 26.0 Å². The molecule has 0 N–H and O–H groups in total. The molecule has 7 nitrogen and oxygen atoms in total. The fraction of sp³-hybridized carbons (Fsp3) is 0.435. The Morgan fingerprint density at radius 3 is 2.63 bits per heavy atom. The molecule has 2 aliphatic rings. The predicted molar refractivity (Wildman–Crippen MR) is 111 cm³/mol. The van der Waals surface area contributed by atoms with Gasteiger partial charge in [0.25, 0.3) is 0 Å². The lowest BCUT2D eigenvalue weighted by atomic mass is 10.1. The van der Waals surface area contributed by atoms with Crippen LogP contribution in [0.3, 0.4) is 0 Å². The van der Waals surface area contributed by atoms with Crippen LogP contribution in [0.1, 0.15) is 18.4 Å². The topological polar surface area (TPSA) is 72.0 Å². The van der Waals surface area contributed by atoms with Crippen LogP contribution in [0.5, 0.6) is 5.75 Å². The molecule has 1 aromatic carbocycles. The van der Waals surface area contributed by atoms with Crippen LogP contribution in [0.2, 0.25) is 0 Å². The maximum absolute atomic E-state index is 13.2. The number of rotatable bonds is 6. The Labute approximate surface area is 176 Å². The molecule has 0 bridgehead atoms. The second-order valence-corrected chi connectivity index (χ2v) is 7.65. The summed E-state index contributed by atoms with van der Waals surface area (Å²) in [5, 5.41) is 0. The standard InChI is InChI=1S/C23H27N3O4/c27-22(9-8-18-5-2-1-3-6-18)26-17-20(30-19-7-4-10-24-16-19)15-21(26)23(28)25-11-13-29-14-12-25/h1-7,10,16,20-21H,8-9,11-15,17H2. The zero-order chi connectivity index (χ0) is 20.8. The highest BCUT2D eigenvalue weighted by Gasteiger charge is 2.42. The van der Waals surface area contributed by atoms with E-state index in [1.54, 1.807) is 22.2 Å². The molecule has 3 heterocycles. The molecule has 0 spiro atoms. The first-order chi connectivity index (χ1) is 14.7. The van der Waals surface area contributed by atoms with Crippen molar-refractivity contribution in [3.63, 3.8) is 0 Å². The lowest BCUT2D eigenvalue weighted by Crippen LogP contribution is -2.51. The number of carbonyl (C=O) groups excluding carboxylic acids is 2. The molecular formula is C23H27N3O4. The van der Waals surface area contributed by atoms with E-state index >= 15 is 0 Å². The van der Waals surface area contributed by atoms with E-state index in [0.717, 1.165) is 5.56 Å². The van der Waals surface area contributed by atoms with Gasteiger partial charge in [0, 0.05) is 32.1 Å². The molecule has 158 valence electrons. The molecule has 2 aromatic rings. The van der Waals surface area contributed by atoms with Crippen LogP contribution in [0.15, 0.2) is 54.9 Å². The Hall–Kier alpha value is -2.93. The van der Waals surface area contributed by atoms with Gasteiger partial charge in [0.2, 0.25) is 11.8 Å². The first-order valence-electron chi connectivity index (χ1n) is 10.5. The summed E-state index contributed by atoms with van der Waals surface area (Å²) in [5.41, 5.74) is 1.12. The van der Waals surface area contributed by atoms with Gasteiger partial charge in [-0.1, -0.05) is 30.3 Å². The lowest BCUT2D eigenvalue weighted by molar-refractivity contribution is -0.146. The molecule has 2 unspecified atom stereocenters. The monoisotopic (exact) mass is 409 g/mol. The SMILES string of the molecule is O=C(C1CC(Oc2cccnc2)CN1C(=O)CCc1ccccc1)N1CCOCC1. The van der Waals surface area contributed by atoms with Crippen LogP contribution in [0.4, 0.5) is 0 Å². The zero-order valence-electron chi connectivity index (χ0n) is 17.0. The van der Waals surface area contributed by atoms with Crippen LogP contribution in [-0.2, 0) is 20.7 Å². The molecule has 2 amide bonds. The molecular weight excluding hydrogens is 382 g/mol. The van der Waals surface area contributed by atoms with E-state index in [0.29, 0.717) is 57.9 Å². The van der Waals surface area contributed by atoms with E-state index < -0.39 is 6.04 Å². The second kappa shape index (κ2) is 9.71. The summed E-state index contributed by atoms with van der Waals surface area (Å²) in [6.07, 6.45) is 4.62. The van der Waals surface area contributed by atoms with Crippen LogP contribution in [0.25, 0.3) is 0 Å². The normalized spacial score (nSPS) is 21.5. The summed E-state index contributed by atoms with van der Waals surface area (Å²) >= 11 is 0. The van der Waals surface area contributed by atoms with E-state index in [-0.39, 0.29) is 17.9 Å². The van der Waals surface area contributed by atoms with E-state index in [1.165, 1.54) is 0 Å². The van der Waals surface area contributed by atoms with Crippen molar-refractivity contribution in [2.24, 2.45) is 0 Å². The number of pyridine rings is 1. The number of ether oxygens (including phenoxy) is 2. The second-order valence-electron chi connectivity index (χ2n) is 7.65. The molecule has 7 heteroatoms. The fourth-order valence-electron chi connectivity index (χ4n) is 4.04. The van der Waals surface area contributed by atoms with E-state index in [9.17, 15) is 9.59 Å². The number of hydrogen-bond donors (Lipinski definition) is 0. The molecule has 2 saturated heterocycles. The van der Waals surface area contributed by atoms with Gasteiger partial charge in [-0.25, -0.2) is 0 Å². The number of morpholine rings is 1. The minimum absolute atomic E-state index is 0.0105. The van der Waals surface area contributed by atoms with Crippen molar-refractivity contribution in [3.05, 3.63) is 60.4 Å². The lowest BCUT2D eigenvalue weighted by Gasteiger charge is -2.32. The van der Waals surface area contributed by atoms with Crippen molar-refractivity contribution in [1.82, 2.24) is 14.8 Å². The quantitative estimate of drug-likeness (QED) is 0.729. The summed E-state index contributed by atoms with van der Waals surface area (Å²) in [7, 11) is 0. The van der Waals surface area contributed by atoms with Crippen LogP contribution in [-0.4, -0.2) is 71.6 Å². The van der Waals surface area contributed by atoms with Crippen LogP contribution < -0.4 is 4.74 Å². The van der Waals surface area contributed by atoms with E-state index in [2.05, 4.69) is 4.98 Å². The molecule has 2 atom stereocenters. The summed E-state index contributed by atoms with van der Waals surface area (Å²) in [5.74, 6) is 0.630. The number of carbonyl (C=O) groups is 2. The van der Waals surface area contributed by atoms with Gasteiger partial charge in [0.15, 0.2) is 0 Å². The Kier molecular flexibility index (Phi) is 6.59. The van der Waals surface area contributed by atoms with Gasteiger partial charge in [0.1, 0.15) is 17.9 Å². The minimum Gasteiger partial charge on any atom is -0.487 e. The van der Waals surface area contributed by atoms with Crippen molar-refractivity contribution in [2.75, 3.05) is 32.8 Å². The first-order valence-corrected chi connectivity index (χ1v) is 10.5. The van der Waals surface area contributed by atoms with Crippen LogP contribution in [0, 0.1) is 0 Å². The zero-order valence-corrected chi connectivity index (χ0v) is 17.0. The van der Waals surface area contributed by atoms with Gasteiger partial charge in [-0.05, 0) is 24.1 Å². The Morgan fingerprint density at radius 2 is 1.90 bits per heavy atom. The number of aromatic nitrogens is 1. The number of hydrogen-bond acceptors (Lipinski definition) is 5. The molecule has 0 radical (unpaired) electrons. The summed E-state index contributed by atoms with van der Waals surface area (Å²) < 4.78 is 11.4. The Balaban J connectivity index is 1.45. The summed E-state index contributed by atoms with van der Waals surface area (Å²) in [6, 6.07) is 13.1. The number of benzene rings is 1. The van der Waals surface area contributed by atoms with Crippen molar-refractivity contribution in [3.8, 4) is 5.75 Å². The molecule has 4 rings (SSSR count). The third kappa shape index (κ3) is 4.97. The molecule has 0 saturated carbocycles. The van der Waals surface area contributed by atoms with Crippen molar-refractivity contribution in [1.29, 1.82) is 0 Å². The maximum atomic E-state index is 13.2. The van der Waals surface area contributed by atoms with E-state index in [1.807, 2.05) is 42.5 Å². The predicted octanol–water partition coefficient (Wildman–Crippen LogP) is 1.92. The number of nitrogens with zero attached hydrogens (tertiary/aromatic N) is 3. The smallest absolute Gasteiger partial charge is 0.245 e. The highest BCUT2D eigenvalue weighted by molar-refractivity contribution is 5.88. The highest BCUT2D eigenvalue weighted by Crippen LogP contribution is 2.25. The molecule has 2 fully saturated rings. The Morgan fingerprint density at radius 1 is 1.10 bits per heavy atom. The molecule has 2 aliphatic heterocycles.